The van der Waals surface area contributed by atoms with Crippen LogP contribution in [0.3, 0.4) is 0 Å². The van der Waals surface area contributed by atoms with E-state index >= 15 is 0 Å². The van der Waals surface area contributed by atoms with Gasteiger partial charge in [0.15, 0.2) is 11.5 Å². The number of carbonyl (C=O) groups excluding carboxylic acids is 1. The van der Waals surface area contributed by atoms with Gasteiger partial charge in [-0.05, 0) is 62.4 Å². The van der Waals surface area contributed by atoms with E-state index in [1.54, 1.807) is 0 Å². The molecule has 3 rings (SSSR count). The smallest absolute Gasteiger partial charge is 0.223 e. The molecule has 1 aliphatic rings. The van der Waals surface area contributed by atoms with Crippen molar-refractivity contribution in [3.63, 3.8) is 0 Å². The summed E-state index contributed by atoms with van der Waals surface area (Å²) in [4.78, 5) is 12.7. The van der Waals surface area contributed by atoms with Gasteiger partial charge in [-0.15, -0.1) is 0 Å². The molecule has 8 heteroatoms. The highest BCUT2D eigenvalue weighted by molar-refractivity contribution is 7.88. The Morgan fingerprint density at radius 2 is 1.70 bits per heavy atom. The second kappa shape index (κ2) is 11.5. The fourth-order valence-corrected chi connectivity index (χ4v) is 5.66. The van der Waals surface area contributed by atoms with Crippen molar-refractivity contribution in [1.82, 2.24) is 9.62 Å². The number of rotatable bonds is 10. The maximum Gasteiger partial charge on any atom is 0.223 e. The predicted octanol–water partition coefficient (Wildman–Crippen LogP) is 3.65. The molecule has 1 aliphatic heterocycles. The van der Waals surface area contributed by atoms with Gasteiger partial charge in [-0.1, -0.05) is 30.3 Å². The molecule has 0 bridgehead atoms. The fourth-order valence-electron chi connectivity index (χ4n) is 3.99. The van der Waals surface area contributed by atoms with Crippen molar-refractivity contribution in [1.29, 1.82) is 0 Å². The van der Waals surface area contributed by atoms with E-state index in [1.807, 2.05) is 63.2 Å². The highest BCUT2D eigenvalue weighted by Gasteiger charge is 2.31. The van der Waals surface area contributed by atoms with Crippen LogP contribution in [-0.4, -0.2) is 44.9 Å². The molecule has 33 heavy (non-hydrogen) atoms. The number of benzene rings is 2. The van der Waals surface area contributed by atoms with E-state index in [2.05, 4.69) is 5.32 Å². The van der Waals surface area contributed by atoms with Gasteiger partial charge in [-0.2, -0.15) is 0 Å². The Hall–Kier alpha value is -2.58. The van der Waals surface area contributed by atoms with E-state index in [0.29, 0.717) is 57.2 Å². The topological polar surface area (TPSA) is 84.9 Å². The van der Waals surface area contributed by atoms with Crippen LogP contribution in [0.15, 0.2) is 42.5 Å². The van der Waals surface area contributed by atoms with Crippen molar-refractivity contribution >= 4 is 15.9 Å². The summed E-state index contributed by atoms with van der Waals surface area (Å²) in [7, 11) is -3.41. The SMILES string of the molecule is CCOc1ccc(CNC(=O)C2CCN(S(=O)(=O)Cc3ccccc3C)CC2)cc1OCC. The van der Waals surface area contributed by atoms with E-state index in [0.717, 1.165) is 16.7 Å². The summed E-state index contributed by atoms with van der Waals surface area (Å²) < 4.78 is 38.5. The highest BCUT2D eigenvalue weighted by Crippen LogP contribution is 2.29. The van der Waals surface area contributed by atoms with Gasteiger partial charge in [0.25, 0.3) is 0 Å². The molecular formula is C25H34N2O5S. The van der Waals surface area contributed by atoms with Gasteiger partial charge in [0.2, 0.25) is 15.9 Å². The van der Waals surface area contributed by atoms with Crippen LogP contribution in [0.2, 0.25) is 0 Å². The number of hydrogen-bond acceptors (Lipinski definition) is 5. The third kappa shape index (κ3) is 6.71. The summed E-state index contributed by atoms with van der Waals surface area (Å²) in [5.41, 5.74) is 2.71. The Kier molecular flexibility index (Phi) is 8.74. The number of carbonyl (C=O) groups is 1. The van der Waals surface area contributed by atoms with Crippen LogP contribution in [0.4, 0.5) is 0 Å². The fraction of sp³-hybridized carbons (Fsp3) is 0.480. The molecule has 1 fully saturated rings. The Bertz CT molecular complexity index is 1050. The van der Waals surface area contributed by atoms with Gasteiger partial charge < -0.3 is 14.8 Å². The first-order valence-electron chi connectivity index (χ1n) is 11.5. The van der Waals surface area contributed by atoms with E-state index in [9.17, 15) is 13.2 Å². The van der Waals surface area contributed by atoms with Gasteiger partial charge >= 0.3 is 0 Å². The zero-order valence-corrected chi connectivity index (χ0v) is 20.5. The quantitative estimate of drug-likeness (QED) is 0.568. The van der Waals surface area contributed by atoms with E-state index in [1.165, 1.54) is 4.31 Å². The zero-order valence-electron chi connectivity index (χ0n) is 19.7. The lowest BCUT2D eigenvalue weighted by Gasteiger charge is -2.30. The third-order valence-corrected chi connectivity index (χ3v) is 7.72. The minimum absolute atomic E-state index is 0.00353. The molecule has 0 radical (unpaired) electrons. The molecule has 2 aromatic carbocycles. The zero-order chi connectivity index (χ0) is 23.8. The van der Waals surface area contributed by atoms with Crippen molar-refractivity contribution in [2.75, 3.05) is 26.3 Å². The molecule has 180 valence electrons. The molecule has 0 atom stereocenters. The summed E-state index contributed by atoms with van der Waals surface area (Å²) in [6, 6.07) is 13.2. The Labute approximate surface area is 197 Å². The van der Waals surface area contributed by atoms with E-state index in [4.69, 9.17) is 9.47 Å². The van der Waals surface area contributed by atoms with Crippen molar-refractivity contribution in [3.05, 3.63) is 59.2 Å². The van der Waals surface area contributed by atoms with Gasteiger partial charge in [0.05, 0.1) is 19.0 Å². The van der Waals surface area contributed by atoms with Gasteiger partial charge in [-0.3, -0.25) is 4.79 Å². The molecule has 7 nitrogen and oxygen atoms in total. The lowest BCUT2D eigenvalue weighted by Crippen LogP contribution is -2.43. The van der Waals surface area contributed by atoms with Crippen molar-refractivity contribution in [3.8, 4) is 11.5 Å². The second-order valence-electron chi connectivity index (χ2n) is 8.22. The summed E-state index contributed by atoms with van der Waals surface area (Å²) in [6.45, 7) is 7.95. The Balaban J connectivity index is 1.52. The maximum atomic E-state index is 12.9. The third-order valence-electron chi connectivity index (χ3n) is 5.89. The first-order valence-corrected chi connectivity index (χ1v) is 13.1. The average molecular weight is 475 g/mol. The molecule has 0 unspecified atom stereocenters. The van der Waals surface area contributed by atoms with Crippen LogP contribution >= 0.6 is 0 Å². The van der Waals surface area contributed by atoms with Crippen molar-refractivity contribution < 1.29 is 22.7 Å². The molecular weight excluding hydrogens is 440 g/mol. The monoisotopic (exact) mass is 474 g/mol. The van der Waals surface area contributed by atoms with Crippen molar-refractivity contribution in [2.45, 2.75) is 45.9 Å². The van der Waals surface area contributed by atoms with Crippen LogP contribution in [0.25, 0.3) is 0 Å². The lowest BCUT2D eigenvalue weighted by molar-refractivity contribution is -0.126. The summed E-state index contributed by atoms with van der Waals surface area (Å²) in [5, 5.41) is 2.99. The van der Waals surface area contributed by atoms with Gasteiger partial charge in [0.1, 0.15) is 0 Å². The molecule has 1 heterocycles. The Morgan fingerprint density at radius 1 is 1.03 bits per heavy atom. The first kappa shape index (κ1) is 25.1. The average Bonchev–Trinajstić information content (AvgIpc) is 2.81. The molecule has 0 saturated carbocycles. The molecule has 1 amide bonds. The van der Waals surface area contributed by atoms with Crippen molar-refractivity contribution in [2.24, 2.45) is 5.92 Å². The molecule has 0 aliphatic carbocycles. The minimum atomic E-state index is -3.41. The van der Waals surface area contributed by atoms with Crippen LogP contribution in [0, 0.1) is 12.8 Å². The number of nitrogens with one attached hydrogen (secondary N) is 1. The van der Waals surface area contributed by atoms with Gasteiger partial charge in [-0.25, -0.2) is 12.7 Å². The molecule has 1 saturated heterocycles. The number of hydrogen-bond donors (Lipinski definition) is 1. The highest BCUT2D eigenvalue weighted by atomic mass is 32.2. The normalized spacial score (nSPS) is 15.2. The van der Waals surface area contributed by atoms with E-state index in [-0.39, 0.29) is 17.6 Å². The molecule has 0 spiro atoms. The van der Waals surface area contributed by atoms with Crippen LogP contribution in [-0.2, 0) is 27.1 Å². The largest absolute Gasteiger partial charge is 0.490 e. The number of aryl methyl sites for hydroxylation is 1. The Morgan fingerprint density at radius 3 is 2.36 bits per heavy atom. The van der Waals surface area contributed by atoms with E-state index < -0.39 is 10.0 Å². The minimum Gasteiger partial charge on any atom is -0.490 e. The van der Waals surface area contributed by atoms with Crippen LogP contribution < -0.4 is 14.8 Å². The second-order valence-corrected chi connectivity index (χ2v) is 10.2. The number of ether oxygens (including phenoxy) is 2. The molecule has 2 aromatic rings. The summed E-state index contributed by atoms with van der Waals surface area (Å²) in [6.07, 6.45) is 1.04. The summed E-state index contributed by atoms with van der Waals surface area (Å²) >= 11 is 0. The summed E-state index contributed by atoms with van der Waals surface area (Å²) in [5.74, 6) is 1.12. The number of nitrogens with zero attached hydrogens (tertiary/aromatic N) is 1. The van der Waals surface area contributed by atoms with Gasteiger partial charge in [0, 0.05) is 25.6 Å². The van der Waals surface area contributed by atoms with Crippen LogP contribution in [0.5, 0.6) is 11.5 Å². The maximum absolute atomic E-state index is 12.9. The van der Waals surface area contributed by atoms with Crippen LogP contribution in [0.1, 0.15) is 43.4 Å². The number of piperidine rings is 1. The first-order chi connectivity index (χ1) is 15.8. The molecule has 1 N–H and O–H groups in total. The molecule has 0 aromatic heterocycles. The lowest BCUT2D eigenvalue weighted by atomic mass is 9.97. The standard InChI is InChI=1S/C25H34N2O5S/c1-4-31-23-11-10-20(16-24(23)32-5-2)17-26-25(28)21-12-14-27(15-13-21)33(29,30)18-22-9-7-6-8-19(22)3/h6-11,16,21H,4-5,12-15,17-18H2,1-3H3,(H,26,28). The predicted molar refractivity (Wildman–Crippen MR) is 129 cm³/mol. The number of amides is 1. The number of sulfonamides is 1.